The summed E-state index contributed by atoms with van der Waals surface area (Å²) in [5.41, 5.74) is 4.68. The van der Waals surface area contributed by atoms with Crippen molar-refractivity contribution in [3.8, 4) is 0 Å². The van der Waals surface area contributed by atoms with Crippen molar-refractivity contribution in [2.75, 3.05) is 4.90 Å². The van der Waals surface area contributed by atoms with E-state index in [-0.39, 0.29) is 23.7 Å². The molecule has 4 bridgehead atoms. The van der Waals surface area contributed by atoms with Gasteiger partial charge in [-0.05, 0) is 60.6 Å². The summed E-state index contributed by atoms with van der Waals surface area (Å²) in [4.78, 5) is 28.6. The molecule has 0 radical (unpaired) electrons. The zero-order valence-corrected chi connectivity index (χ0v) is 17.3. The highest BCUT2D eigenvalue weighted by atomic mass is 28.3. The average molecular weight is 378 g/mol. The number of nitrogens with zero attached hydrogens (tertiary/aromatic N) is 1. The fraction of sp³-hybridized carbons (Fsp3) is 0.565. The van der Waals surface area contributed by atoms with Crippen LogP contribution in [0.5, 0.6) is 0 Å². The molecule has 4 heteroatoms. The Kier molecular flexibility index (Phi) is 3.03. The molecule has 4 aliphatic carbocycles. The monoisotopic (exact) mass is 377 g/mol. The second-order valence-electron chi connectivity index (χ2n) is 10.5. The van der Waals surface area contributed by atoms with Gasteiger partial charge in [-0.3, -0.25) is 14.5 Å². The number of benzene rings is 1. The van der Waals surface area contributed by atoms with E-state index in [0.29, 0.717) is 29.2 Å². The minimum Gasteiger partial charge on any atom is -0.274 e. The van der Waals surface area contributed by atoms with Crippen LogP contribution >= 0.6 is 0 Å². The Labute approximate surface area is 161 Å². The maximum absolute atomic E-state index is 13.6. The Bertz CT molecular complexity index is 853. The summed E-state index contributed by atoms with van der Waals surface area (Å²) in [6.45, 7) is 7.35. The number of allylic oxidation sites excluding steroid dienone is 2. The molecule has 27 heavy (non-hydrogen) atoms. The first-order valence-corrected chi connectivity index (χ1v) is 14.1. The van der Waals surface area contributed by atoms with Gasteiger partial charge in [0, 0.05) is 8.07 Å². The smallest absolute Gasteiger partial charge is 0.238 e. The van der Waals surface area contributed by atoms with E-state index in [4.69, 9.17) is 0 Å². The van der Waals surface area contributed by atoms with Crippen LogP contribution in [0.4, 0.5) is 5.69 Å². The van der Waals surface area contributed by atoms with Crippen molar-refractivity contribution in [2.45, 2.75) is 44.4 Å². The number of para-hydroxylation sites is 1. The van der Waals surface area contributed by atoms with Crippen molar-refractivity contribution in [2.24, 2.45) is 35.5 Å². The predicted molar refractivity (Wildman–Crippen MR) is 108 cm³/mol. The van der Waals surface area contributed by atoms with Gasteiger partial charge in [0.05, 0.1) is 17.5 Å². The van der Waals surface area contributed by atoms with Crippen molar-refractivity contribution >= 4 is 25.6 Å². The van der Waals surface area contributed by atoms with Gasteiger partial charge in [0.1, 0.15) is 0 Å². The molecule has 3 nitrogen and oxygen atoms in total. The summed E-state index contributed by atoms with van der Waals surface area (Å²) in [5.74, 6) is 2.16. The number of rotatable bonds is 2. The lowest BCUT2D eigenvalue weighted by Gasteiger charge is -2.34. The summed E-state index contributed by atoms with van der Waals surface area (Å²) in [5, 5.41) is 0. The zero-order chi connectivity index (χ0) is 18.7. The SMILES string of the molecule is C[Si](C)(C)C1[C@H]2C3=C([C@H]4CC[C@H]3C4)[C@H]1[C@H]1C(=O)N(c3ccccc3)C(=O)[C@H]12. The third-order valence-corrected chi connectivity index (χ3v) is 11.0. The molecule has 1 aromatic carbocycles. The van der Waals surface area contributed by atoms with E-state index < -0.39 is 8.07 Å². The van der Waals surface area contributed by atoms with Crippen molar-refractivity contribution in [1.29, 1.82) is 0 Å². The van der Waals surface area contributed by atoms with E-state index in [1.54, 1.807) is 11.1 Å². The highest BCUT2D eigenvalue weighted by molar-refractivity contribution is 6.78. The second kappa shape index (κ2) is 5.02. The summed E-state index contributed by atoms with van der Waals surface area (Å²) >= 11 is 0. The molecular weight excluding hydrogens is 350 g/mol. The Hall–Kier alpha value is -1.68. The molecule has 0 aromatic heterocycles. The molecule has 2 saturated carbocycles. The number of imide groups is 1. The fourth-order valence-electron chi connectivity index (χ4n) is 7.77. The van der Waals surface area contributed by atoms with Gasteiger partial charge in [-0.25, -0.2) is 0 Å². The average Bonchev–Trinajstić information content (AvgIpc) is 3.39. The molecule has 1 aromatic rings. The highest BCUT2D eigenvalue weighted by Gasteiger charge is 2.72. The number of anilines is 1. The maximum atomic E-state index is 13.6. The summed E-state index contributed by atoms with van der Waals surface area (Å²) in [6.07, 6.45) is 3.93. The molecule has 3 fully saturated rings. The number of amides is 2. The Morgan fingerprint density at radius 1 is 0.815 bits per heavy atom. The molecular formula is C23H27NO2Si. The van der Waals surface area contributed by atoms with Crippen molar-refractivity contribution in [3.05, 3.63) is 41.5 Å². The van der Waals surface area contributed by atoms with E-state index in [1.165, 1.54) is 24.2 Å². The largest absolute Gasteiger partial charge is 0.274 e. The van der Waals surface area contributed by atoms with Gasteiger partial charge in [-0.2, -0.15) is 0 Å². The zero-order valence-electron chi connectivity index (χ0n) is 16.3. The van der Waals surface area contributed by atoms with E-state index in [0.717, 1.165) is 5.69 Å². The lowest BCUT2D eigenvalue weighted by Crippen LogP contribution is -2.39. The second-order valence-corrected chi connectivity index (χ2v) is 15.9. The summed E-state index contributed by atoms with van der Waals surface area (Å²) in [6, 6.07) is 9.58. The molecule has 7 atom stereocenters. The molecule has 6 rings (SSSR count). The standard InChI is InChI=1S/C23H27NO2Si/c1-27(2,3)21-17-15-12-9-10-13(11-12)16(15)18(21)20-19(17)22(25)24(23(20)26)14-7-5-4-6-8-14/h4-8,12-13,17-21H,9-11H2,1-3H3/t12-,13-,17-,18-,19-,20+,21?/m0/s1. The van der Waals surface area contributed by atoms with Crippen LogP contribution in [0.3, 0.4) is 0 Å². The van der Waals surface area contributed by atoms with Gasteiger partial charge in [-0.1, -0.05) is 49.0 Å². The van der Waals surface area contributed by atoms with Crippen LogP contribution in [0, 0.1) is 35.5 Å². The minimum absolute atomic E-state index is 0.0845. The predicted octanol–water partition coefficient (Wildman–Crippen LogP) is 4.49. The molecule has 5 aliphatic rings. The van der Waals surface area contributed by atoms with Gasteiger partial charge in [0.15, 0.2) is 0 Å². The van der Waals surface area contributed by atoms with Crippen LogP contribution in [-0.2, 0) is 9.59 Å². The molecule has 1 aliphatic heterocycles. The normalized spacial score (nSPS) is 41.7. The number of hydrogen-bond donors (Lipinski definition) is 0. The molecule has 1 unspecified atom stereocenters. The van der Waals surface area contributed by atoms with Crippen molar-refractivity contribution in [1.82, 2.24) is 0 Å². The quantitative estimate of drug-likeness (QED) is 0.330. The van der Waals surface area contributed by atoms with E-state index in [2.05, 4.69) is 19.6 Å². The topological polar surface area (TPSA) is 37.4 Å². The summed E-state index contributed by atoms with van der Waals surface area (Å²) in [7, 11) is -1.48. The Morgan fingerprint density at radius 2 is 1.33 bits per heavy atom. The van der Waals surface area contributed by atoms with Gasteiger partial charge in [-0.15, -0.1) is 0 Å². The van der Waals surface area contributed by atoms with Crippen molar-refractivity contribution < 1.29 is 9.59 Å². The molecule has 140 valence electrons. The highest BCUT2D eigenvalue weighted by Crippen LogP contribution is 2.74. The van der Waals surface area contributed by atoms with Gasteiger partial charge >= 0.3 is 0 Å². The van der Waals surface area contributed by atoms with Crippen LogP contribution < -0.4 is 4.90 Å². The van der Waals surface area contributed by atoms with E-state index >= 15 is 0 Å². The first-order valence-electron chi connectivity index (χ1n) is 10.6. The van der Waals surface area contributed by atoms with Crippen LogP contribution in [-0.4, -0.2) is 19.9 Å². The molecule has 1 saturated heterocycles. The van der Waals surface area contributed by atoms with Gasteiger partial charge < -0.3 is 0 Å². The Morgan fingerprint density at radius 3 is 1.81 bits per heavy atom. The number of carbonyl (C=O) groups excluding carboxylic acids is 2. The first-order chi connectivity index (χ1) is 12.9. The minimum atomic E-state index is -1.48. The summed E-state index contributed by atoms with van der Waals surface area (Å²) < 4.78 is 0. The van der Waals surface area contributed by atoms with Gasteiger partial charge in [0.25, 0.3) is 0 Å². The maximum Gasteiger partial charge on any atom is 0.238 e. The van der Waals surface area contributed by atoms with E-state index in [1.807, 2.05) is 30.3 Å². The van der Waals surface area contributed by atoms with Crippen molar-refractivity contribution in [3.63, 3.8) is 0 Å². The third-order valence-electron chi connectivity index (χ3n) is 8.32. The molecule has 0 N–H and O–H groups in total. The van der Waals surface area contributed by atoms with Crippen LogP contribution in [0.15, 0.2) is 41.5 Å². The van der Waals surface area contributed by atoms with E-state index in [9.17, 15) is 9.59 Å². The first kappa shape index (κ1) is 16.3. The van der Waals surface area contributed by atoms with Crippen LogP contribution in [0.2, 0.25) is 25.2 Å². The lowest BCUT2D eigenvalue weighted by molar-refractivity contribution is -0.123. The fourth-order valence-corrected chi connectivity index (χ4v) is 10.7. The molecule has 2 amide bonds. The van der Waals surface area contributed by atoms with Gasteiger partial charge in [0.2, 0.25) is 11.8 Å². The number of carbonyl (C=O) groups is 2. The third kappa shape index (κ3) is 1.83. The number of hydrogen-bond acceptors (Lipinski definition) is 2. The van der Waals surface area contributed by atoms with Crippen LogP contribution in [0.1, 0.15) is 19.3 Å². The Balaban J connectivity index is 1.49. The number of fused-ring (bicyclic) bond motifs is 11. The molecule has 0 spiro atoms. The lowest BCUT2D eigenvalue weighted by atomic mass is 9.72. The van der Waals surface area contributed by atoms with Crippen LogP contribution in [0.25, 0.3) is 0 Å². The molecule has 1 heterocycles.